The van der Waals surface area contributed by atoms with E-state index >= 15 is 0 Å². The normalized spacial score (nSPS) is 10.5. The van der Waals surface area contributed by atoms with Gasteiger partial charge in [0, 0.05) is 13.1 Å². The lowest BCUT2D eigenvalue weighted by Crippen LogP contribution is -2.60. The molecule has 1 heterocycles. The van der Waals surface area contributed by atoms with E-state index in [-0.39, 0.29) is 5.55 Å². The van der Waals surface area contributed by atoms with Gasteiger partial charge in [0.05, 0.1) is 0 Å². The van der Waals surface area contributed by atoms with Crippen LogP contribution >= 0.6 is 0 Å². The van der Waals surface area contributed by atoms with Crippen LogP contribution in [0.2, 0.25) is 0 Å². The summed E-state index contributed by atoms with van der Waals surface area (Å²) in [5.41, 5.74) is 0.105. The Hall–Kier alpha value is -1.26. The van der Waals surface area contributed by atoms with E-state index in [4.69, 9.17) is 9.93 Å². The molecule has 0 spiro atoms. The molecule has 1 N–H and O–H groups in total. The van der Waals surface area contributed by atoms with Gasteiger partial charge in [-0.25, -0.2) is 0 Å². The lowest BCUT2D eigenvalue weighted by Gasteiger charge is -2.21. The van der Waals surface area contributed by atoms with Gasteiger partial charge in [0.15, 0.2) is 0 Å². The third kappa shape index (κ3) is 3.77. The first-order valence-corrected chi connectivity index (χ1v) is 5.63. The third-order valence-electron chi connectivity index (χ3n) is 2.28. The summed E-state index contributed by atoms with van der Waals surface area (Å²) in [6.07, 6.45) is 6.20. The Morgan fingerprint density at radius 1 is 1.33 bits per heavy atom. The fraction of sp³-hybridized carbons (Fsp3) is 0.800. The average Bonchev–Trinajstić information content (AvgIpc) is 2.65. The maximum Gasteiger partial charge on any atom is 0.286 e. The summed E-state index contributed by atoms with van der Waals surface area (Å²) >= 11 is 0. The molecule has 1 rings (SSSR count). The predicted molar refractivity (Wildman–Crippen MR) is 55.8 cm³/mol. The van der Waals surface area contributed by atoms with Gasteiger partial charge in [-0.15, -0.1) is 0 Å². The highest BCUT2D eigenvalue weighted by atomic mass is 16.5. The number of hydrogen-bond acceptors (Lipinski definition) is 3. The van der Waals surface area contributed by atoms with E-state index in [0.717, 1.165) is 38.8 Å². The van der Waals surface area contributed by atoms with Crippen molar-refractivity contribution in [3.63, 3.8) is 0 Å². The van der Waals surface area contributed by atoms with E-state index in [0.29, 0.717) is 0 Å². The third-order valence-corrected chi connectivity index (χ3v) is 2.28. The van der Waals surface area contributed by atoms with Gasteiger partial charge in [0.25, 0.3) is 11.8 Å². The molecule has 0 aliphatic heterocycles. The van der Waals surface area contributed by atoms with E-state index in [2.05, 4.69) is 24.1 Å². The highest BCUT2D eigenvalue weighted by Crippen LogP contribution is 1.92. The number of rotatable bonds is 7. The quantitative estimate of drug-likeness (QED) is 0.671. The standard InChI is InChI=1S/C10H20N4O/c1-3-5-7-13(8-6-4-2)14-9-10(11)15-12-14/h9,11H,3-8H2,1-2H3. The molecule has 0 fully saturated rings. The zero-order valence-corrected chi connectivity index (χ0v) is 9.57. The molecule has 15 heavy (non-hydrogen) atoms. The summed E-state index contributed by atoms with van der Waals surface area (Å²) in [4.78, 5) is 1.65. The van der Waals surface area contributed by atoms with E-state index in [1.807, 2.05) is 0 Å². The lowest BCUT2D eigenvalue weighted by molar-refractivity contribution is -0.763. The maximum absolute atomic E-state index is 7.29. The average molecular weight is 212 g/mol. The molecule has 0 saturated heterocycles. The Morgan fingerprint density at radius 3 is 2.33 bits per heavy atom. The van der Waals surface area contributed by atoms with Crippen molar-refractivity contribution in [3.8, 4) is 0 Å². The topological polar surface area (TPSA) is 58.2 Å². The lowest BCUT2D eigenvalue weighted by atomic mass is 10.3. The first kappa shape index (κ1) is 11.8. The number of nitrogens with one attached hydrogen (secondary N) is 1. The van der Waals surface area contributed by atoms with Crippen LogP contribution in [0, 0.1) is 5.41 Å². The predicted octanol–water partition coefficient (Wildman–Crippen LogP) is 0.542. The summed E-state index contributed by atoms with van der Waals surface area (Å²) in [5, 5.41) is 13.2. The van der Waals surface area contributed by atoms with E-state index in [1.165, 1.54) is 0 Å². The van der Waals surface area contributed by atoms with Crippen molar-refractivity contribution in [2.24, 2.45) is 0 Å². The smallest absolute Gasteiger partial charge is 0.286 e. The summed E-state index contributed by atoms with van der Waals surface area (Å²) in [6.45, 7) is 6.27. The number of unbranched alkanes of at least 4 members (excludes halogenated alkanes) is 2. The Balaban J connectivity index is 2.58. The molecule has 0 aliphatic carbocycles. The second-order valence-electron chi connectivity index (χ2n) is 3.65. The number of aromatic nitrogens is 2. The van der Waals surface area contributed by atoms with Crippen LogP contribution < -0.4 is 20.6 Å². The maximum atomic E-state index is 7.29. The molecule has 1 aromatic rings. The summed E-state index contributed by atoms with van der Waals surface area (Å²) in [6, 6.07) is 0. The molecule has 0 aliphatic rings. The van der Waals surface area contributed by atoms with Crippen molar-refractivity contribution in [1.29, 1.82) is 5.41 Å². The second-order valence-corrected chi connectivity index (χ2v) is 3.65. The van der Waals surface area contributed by atoms with Crippen LogP contribution in [-0.4, -0.2) is 13.1 Å². The van der Waals surface area contributed by atoms with Gasteiger partial charge in [0.1, 0.15) is 0 Å². The minimum Gasteiger partial charge on any atom is -0.380 e. The van der Waals surface area contributed by atoms with Gasteiger partial charge in [-0.2, -0.15) is 0 Å². The molecule has 0 aromatic carbocycles. The van der Waals surface area contributed by atoms with Crippen molar-refractivity contribution in [3.05, 3.63) is 11.8 Å². The van der Waals surface area contributed by atoms with Crippen LogP contribution in [-0.2, 0) is 0 Å². The summed E-state index contributed by atoms with van der Waals surface area (Å²) in [5.74, 6) is 0. The number of hydrogen-bond donors (Lipinski definition) is 1. The highest BCUT2D eigenvalue weighted by Gasteiger charge is 2.06. The molecular weight excluding hydrogens is 192 g/mol. The number of nitrogens with zero attached hydrogens (tertiary/aromatic N) is 3. The molecule has 5 heteroatoms. The molecule has 0 amide bonds. The molecule has 0 radical (unpaired) electrons. The Morgan fingerprint density at radius 2 is 1.93 bits per heavy atom. The molecule has 0 unspecified atom stereocenters. The van der Waals surface area contributed by atoms with Crippen LogP contribution in [0.25, 0.3) is 0 Å². The van der Waals surface area contributed by atoms with E-state index < -0.39 is 0 Å². The Kier molecular flexibility index (Phi) is 4.93. The van der Waals surface area contributed by atoms with Gasteiger partial charge in [-0.1, -0.05) is 31.5 Å². The van der Waals surface area contributed by atoms with Gasteiger partial charge in [-0.3, -0.25) is 10.4 Å². The molecule has 0 atom stereocenters. The van der Waals surface area contributed by atoms with Crippen molar-refractivity contribution in [1.82, 2.24) is 5.27 Å². The van der Waals surface area contributed by atoms with Crippen molar-refractivity contribution in [2.45, 2.75) is 39.5 Å². The first-order chi connectivity index (χ1) is 7.27. The van der Waals surface area contributed by atoms with Gasteiger partial charge >= 0.3 is 0 Å². The molecule has 86 valence electrons. The molecular formula is C10H20N4O. The van der Waals surface area contributed by atoms with E-state index in [1.54, 1.807) is 11.0 Å². The minimum atomic E-state index is 0.105. The highest BCUT2D eigenvalue weighted by molar-refractivity contribution is 4.68. The fourth-order valence-corrected chi connectivity index (χ4v) is 1.37. The minimum absolute atomic E-state index is 0.105. The first-order valence-electron chi connectivity index (χ1n) is 5.63. The van der Waals surface area contributed by atoms with Crippen LogP contribution in [0.1, 0.15) is 39.5 Å². The van der Waals surface area contributed by atoms with E-state index in [9.17, 15) is 0 Å². The molecule has 1 aromatic heterocycles. The van der Waals surface area contributed by atoms with Crippen LogP contribution in [0.4, 0.5) is 0 Å². The SMILES string of the molecule is CCCCN(CCCC)[n+]1cc(=N)o[n-]1. The van der Waals surface area contributed by atoms with Crippen LogP contribution in [0.15, 0.2) is 10.7 Å². The van der Waals surface area contributed by atoms with Crippen molar-refractivity contribution >= 4 is 0 Å². The van der Waals surface area contributed by atoms with Crippen LogP contribution in [0.5, 0.6) is 0 Å². The van der Waals surface area contributed by atoms with Crippen LogP contribution in [0.3, 0.4) is 0 Å². The zero-order valence-electron chi connectivity index (χ0n) is 9.57. The van der Waals surface area contributed by atoms with Gasteiger partial charge in [0.2, 0.25) is 0 Å². The zero-order chi connectivity index (χ0) is 11.1. The van der Waals surface area contributed by atoms with Gasteiger partial charge in [-0.05, 0) is 18.1 Å². The summed E-state index contributed by atoms with van der Waals surface area (Å²) in [7, 11) is 0. The monoisotopic (exact) mass is 212 g/mol. The van der Waals surface area contributed by atoms with Crippen molar-refractivity contribution in [2.75, 3.05) is 18.1 Å². The fourth-order valence-electron chi connectivity index (χ4n) is 1.37. The van der Waals surface area contributed by atoms with Crippen molar-refractivity contribution < 1.29 is 9.31 Å². The molecule has 0 saturated carbocycles. The van der Waals surface area contributed by atoms with Gasteiger partial charge < -0.3 is 4.52 Å². The largest absolute Gasteiger partial charge is 0.380 e. The Bertz CT molecular complexity index is 309. The molecule has 0 bridgehead atoms. The summed E-state index contributed by atoms with van der Waals surface area (Å²) < 4.78 is 4.74. The Labute approximate surface area is 90.1 Å². The molecule has 5 nitrogen and oxygen atoms in total. The second kappa shape index (κ2) is 6.27.